The van der Waals surface area contributed by atoms with E-state index in [0.29, 0.717) is 18.1 Å². The van der Waals surface area contributed by atoms with Crippen molar-refractivity contribution in [2.45, 2.75) is 13.5 Å². The summed E-state index contributed by atoms with van der Waals surface area (Å²) in [7, 11) is -0.823. The Kier molecular flexibility index (Phi) is 5.83. The lowest BCUT2D eigenvalue weighted by atomic mass is 10.2. The van der Waals surface area contributed by atoms with E-state index in [2.05, 4.69) is 0 Å². The smallest absolute Gasteiger partial charge is 0.489 e. The molecule has 0 radical (unpaired) electrons. The van der Waals surface area contributed by atoms with Crippen LogP contribution in [0, 0.1) is 10.1 Å². The van der Waals surface area contributed by atoms with E-state index < -0.39 is 13.6 Å². The van der Waals surface area contributed by atoms with Crippen molar-refractivity contribution in [3.63, 3.8) is 0 Å². The monoisotopic (exact) mass is 332 g/mol. The highest BCUT2D eigenvalue weighted by Crippen LogP contribution is 2.19. The van der Waals surface area contributed by atoms with E-state index in [9.17, 15) is 14.7 Å². The minimum absolute atomic E-state index is 0.0830. The second-order valence-corrected chi connectivity index (χ2v) is 5.10. The van der Waals surface area contributed by atoms with Crippen molar-refractivity contribution < 1.29 is 18.7 Å². The highest BCUT2D eigenvalue weighted by molar-refractivity contribution is 7.17. The molecule has 2 rings (SSSR count). The van der Waals surface area contributed by atoms with E-state index in [1.54, 1.807) is 36.4 Å². The molecular weight excluding hydrogens is 317 g/mol. The second kappa shape index (κ2) is 8.06. The molecule has 0 aliphatic rings. The maximum absolute atomic E-state index is 10.6. The van der Waals surface area contributed by atoms with Gasteiger partial charge in [0, 0.05) is 13.0 Å². The Balaban J connectivity index is 1.94. The topological polar surface area (TPSA) is 78.7 Å². The summed E-state index contributed by atoms with van der Waals surface area (Å²) in [5.74, 6) is 1.21. The predicted molar refractivity (Wildman–Crippen MR) is 87.5 cm³/mol. The summed E-state index contributed by atoms with van der Waals surface area (Å²) in [4.78, 5) is 10.2. The lowest BCUT2D eigenvalue weighted by Gasteiger charge is -2.06. The zero-order valence-electron chi connectivity index (χ0n) is 12.4. The highest BCUT2D eigenvalue weighted by Gasteiger charge is 2.03. The number of benzene rings is 2. The van der Waals surface area contributed by atoms with Crippen LogP contribution in [-0.4, -0.2) is 4.92 Å². The number of nitro groups is 1. The maximum Gasteiger partial charge on any atom is 0.542 e. The van der Waals surface area contributed by atoms with Crippen molar-refractivity contribution in [3.05, 3.63) is 75.5 Å². The van der Waals surface area contributed by atoms with Gasteiger partial charge in [0.25, 0.3) is 0 Å². The van der Waals surface area contributed by atoms with E-state index in [1.165, 1.54) is 13.0 Å². The van der Waals surface area contributed by atoms with Gasteiger partial charge in [0.15, 0.2) is 5.75 Å². The van der Waals surface area contributed by atoms with Crippen LogP contribution in [0.1, 0.15) is 18.1 Å². The average molecular weight is 332 g/mol. The largest absolute Gasteiger partial charge is 0.542 e. The number of allylic oxidation sites excluding steroid dienone is 1. The van der Waals surface area contributed by atoms with Gasteiger partial charge < -0.3 is 4.74 Å². The van der Waals surface area contributed by atoms with Crippen LogP contribution in [0.5, 0.6) is 11.5 Å². The molecule has 0 N–H and O–H groups in total. The molecule has 0 fully saturated rings. The first-order chi connectivity index (χ1) is 11.1. The van der Waals surface area contributed by atoms with Crippen molar-refractivity contribution >= 4 is 14.8 Å². The van der Waals surface area contributed by atoms with Gasteiger partial charge in [0.1, 0.15) is 12.4 Å². The van der Waals surface area contributed by atoms with Gasteiger partial charge >= 0.3 is 8.69 Å². The molecule has 0 bridgehead atoms. The summed E-state index contributed by atoms with van der Waals surface area (Å²) >= 11 is 0. The number of hydrogen-bond donors (Lipinski definition) is 0. The van der Waals surface area contributed by atoms with E-state index in [4.69, 9.17) is 9.26 Å². The molecule has 2 aromatic carbocycles. The van der Waals surface area contributed by atoms with E-state index in [1.807, 2.05) is 12.1 Å². The molecule has 2 aromatic rings. The quantitative estimate of drug-likeness (QED) is 0.431. The standard InChI is InChI=1S/C16H15NO5P/c1-12(17(18)19)10-13-2-6-15(7-3-13)21-11-14-4-8-16(9-5-14)22-23-20/h2-10,23H,11H2,1H3/q+1. The fraction of sp³-hybridized carbons (Fsp3) is 0.125. The third kappa shape index (κ3) is 5.20. The molecule has 0 aromatic heterocycles. The number of rotatable bonds is 7. The fourth-order valence-corrected chi connectivity index (χ4v) is 2.05. The van der Waals surface area contributed by atoms with Crippen LogP contribution in [0.3, 0.4) is 0 Å². The van der Waals surface area contributed by atoms with Gasteiger partial charge in [-0.15, -0.1) is 0 Å². The number of nitrogens with zero attached hydrogens (tertiary/aromatic N) is 1. The molecule has 1 atom stereocenters. The average Bonchev–Trinajstić information content (AvgIpc) is 2.55. The molecule has 0 aliphatic carbocycles. The first-order valence-corrected chi connectivity index (χ1v) is 7.58. The molecule has 7 heteroatoms. The van der Waals surface area contributed by atoms with Gasteiger partial charge in [-0.3, -0.25) is 14.6 Å². The SMILES string of the molecule is CC(=Cc1ccc(OCc2ccc(O[PH+]=O)cc2)cc1)[N+](=O)[O-]. The van der Waals surface area contributed by atoms with E-state index in [0.717, 1.165) is 11.1 Å². The van der Waals surface area contributed by atoms with Crippen molar-refractivity contribution in [2.75, 3.05) is 0 Å². The van der Waals surface area contributed by atoms with Crippen LogP contribution in [0.15, 0.2) is 54.2 Å². The summed E-state index contributed by atoms with van der Waals surface area (Å²) in [6, 6.07) is 14.1. The third-order valence-corrected chi connectivity index (χ3v) is 3.35. The van der Waals surface area contributed by atoms with Crippen LogP contribution in [0.2, 0.25) is 0 Å². The molecule has 23 heavy (non-hydrogen) atoms. The van der Waals surface area contributed by atoms with Gasteiger partial charge in [-0.2, -0.15) is 0 Å². The molecule has 0 spiro atoms. The van der Waals surface area contributed by atoms with Crippen molar-refractivity contribution in [3.8, 4) is 11.5 Å². The molecule has 0 aliphatic heterocycles. The first-order valence-electron chi connectivity index (χ1n) is 6.77. The third-order valence-electron chi connectivity index (χ3n) is 3.03. The molecule has 0 saturated heterocycles. The number of ether oxygens (including phenoxy) is 1. The molecule has 6 nitrogen and oxygen atoms in total. The predicted octanol–water partition coefficient (Wildman–Crippen LogP) is 4.22. The van der Waals surface area contributed by atoms with Gasteiger partial charge in [0.2, 0.25) is 5.70 Å². The van der Waals surface area contributed by atoms with E-state index in [-0.39, 0.29) is 5.70 Å². The molecular formula is C16H15NO5P+. The van der Waals surface area contributed by atoms with Crippen LogP contribution in [0.25, 0.3) is 6.08 Å². The molecule has 0 heterocycles. The summed E-state index contributed by atoms with van der Waals surface area (Å²) in [6.45, 7) is 1.83. The Morgan fingerprint density at radius 2 is 1.74 bits per heavy atom. The Morgan fingerprint density at radius 1 is 1.13 bits per heavy atom. The van der Waals surface area contributed by atoms with Crippen LogP contribution < -0.4 is 9.26 Å². The second-order valence-electron chi connectivity index (χ2n) is 4.73. The van der Waals surface area contributed by atoms with Crippen molar-refractivity contribution in [2.24, 2.45) is 0 Å². The van der Waals surface area contributed by atoms with Crippen LogP contribution >= 0.6 is 8.69 Å². The van der Waals surface area contributed by atoms with Crippen molar-refractivity contribution in [1.29, 1.82) is 0 Å². The lowest BCUT2D eigenvalue weighted by molar-refractivity contribution is -0.422. The molecule has 118 valence electrons. The molecule has 0 amide bonds. The van der Waals surface area contributed by atoms with Crippen molar-refractivity contribution in [1.82, 2.24) is 0 Å². The van der Waals surface area contributed by atoms with Gasteiger partial charge in [0.05, 0.1) is 4.92 Å². The summed E-state index contributed by atoms with van der Waals surface area (Å²) in [5.41, 5.74) is 1.77. The minimum atomic E-state index is -0.823. The van der Waals surface area contributed by atoms with Gasteiger partial charge in [-0.05, 0) is 40.0 Å². The Bertz CT molecular complexity index is 710. The Hall–Kier alpha value is -2.72. The zero-order chi connectivity index (χ0) is 16.7. The van der Waals surface area contributed by atoms with E-state index >= 15 is 0 Å². The normalized spacial score (nSPS) is 11.3. The van der Waals surface area contributed by atoms with Crippen LogP contribution in [0.4, 0.5) is 0 Å². The molecule has 1 unspecified atom stereocenters. The Labute approximate surface area is 134 Å². The summed E-state index contributed by atoms with van der Waals surface area (Å²) in [5, 5.41) is 10.6. The fourth-order valence-electron chi connectivity index (χ4n) is 1.82. The Morgan fingerprint density at radius 3 is 2.30 bits per heavy atom. The zero-order valence-corrected chi connectivity index (χ0v) is 13.4. The van der Waals surface area contributed by atoms with Gasteiger partial charge in [-0.25, -0.2) is 0 Å². The maximum atomic E-state index is 10.6. The first kappa shape index (κ1) is 16.6. The highest BCUT2D eigenvalue weighted by atomic mass is 31.1. The van der Waals surface area contributed by atoms with Crippen LogP contribution in [-0.2, 0) is 11.2 Å². The minimum Gasteiger partial charge on any atom is -0.489 e. The van der Waals surface area contributed by atoms with Gasteiger partial charge in [-0.1, -0.05) is 24.3 Å². The summed E-state index contributed by atoms with van der Waals surface area (Å²) < 4.78 is 20.9. The molecule has 0 saturated carbocycles. The lowest BCUT2D eigenvalue weighted by Crippen LogP contribution is -1.95. The summed E-state index contributed by atoms with van der Waals surface area (Å²) in [6.07, 6.45) is 1.50. The number of hydrogen-bond acceptors (Lipinski definition) is 5.